The summed E-state index contributed by atoms with van der Waals surface area (Å²) in [5, 5.41) is 0. The number of ether oxygens (including phenoxy) is 2. The van der Waals surface area contributed by atoms with E-state index in [1.165, 1.54) is 96.3 Å². The minimum atomic E-state index is -4.27. The summed E-state index contributed by atoms with van der Waals surface area (Å²) in [4.78, 5) is 22.4. The molecule has 0 aromatic heterocycles. The van der Waals surface area contributed by atoms with Crippen molar-refractivity contribution < 1.29 is 32.8 Å². The lowest BCUT2D eigenvalue weighted by Crippen LogP contribution is -2.28. The number of rotatable bonds is 36. The summed E-state index contributed by atoms with van der Waals surface area (Å²) in [5.41, 5.74) is 5.35. The summed E-state index contributed by atoms with van der Waals surface area (Å²) < 4.78 is 33.2. The molecule has 0 radical (unpaired) electrons. The van der Waals surface area contributed by atoms with Crippen LogP contribution in [0.3, 0.4) is 0 Å². The van der Waals surface area contributed by atoms with Gasteiger partial charge in [0.15, 0.2) is 0 Å². The van der Waals surface area contributed by atoms with Crippen LogP contribution in [0.4, 0.5) is 0 Å². The molecule has 276 valence electrons. The second kappa shape index (κ2) is 36.0. The fraction of sp³-hybridized carbons (Fsp3) is 0.816. The summed E-state index contributed by atoms with van der Waals surface area (Å²) in [7, 11) is -4.27. The highest BCUT2D eigenvalue weighted by molar-refractivity contribution is 7.47. The molecular formula is C38H72NO7P. The van der Waals surface area contributed by atoms with Gasteiger partial charge in [0, 0.05) is 19.6 Å². The van der Waals surface area contributed by atoms with Crippen LogP contribution in [0, 0.1) is 0 Å². The van der Waals surface area contributed by atoms with Gasteiger partial charge in [0.1, 0.15) is 6.10 Å². The van der Waals surface area contributed by atoms with E-state index in [0.717, 1.165) is 44.9 Å². The zero-order valence-electron chi connectivity index (χ0n) is 30.3. The normalized spacial score (nSPS) is 14.0. The molecule has 0 aromatic rings. The minimum Gasteiger partial charge on any atom is -0.457 e. The third kappa shape index (κ3) is 35.8. The van der Waals surface area contributed by atoms with Crippen LogP contribution in [-0.2, 0) is 27.9 Å². The lowest BCUT2D eigenvalue weighted by Gasteiger charge is -2.20. The first-order chi connectivity index (χ1) is 22.9. The van der Waals surface area contributed by atoms with Gasteiger partial charge in [-0.2, -0.15) is 0 Å². The zero-order valence-corrected chi connectivity index (χ0v) is 31.2. The largest absolute Gasteiger partial charge is 0.472 e. The Morgan fingerprint density at radius 3 is 1.77 bits per heavy atom. The van der Waals surface area contributed by atoms with E-state index in [0.29, 0.717) is 13.0 Å². The van der Waals surface area contributed by atoms with Gasteiger partial charge in [-0.1, -0.05) is 127 Å². The van der Waals surface area contributed by atoms with Gasteiger partial charge in [-0.3, -0.25) is 13.8 Å². The number of carbonyl (C=O) groups is 1. The van der Waals surface area contributed by atoms with Crippen molar-refractivity contribution in [3.63, 3.8) is 0 Å². The molecule has 2 unspecified atom stereocenters. The molecule has 47 heavy (non-hydrogen) atoms. The van der Waals surface area contributed by atoms with Gasteiger partial charge in [-0.05, 0) is 64.2 Å². The summed E-state index contributed by atoms with van der Waals surface area (Å²) in [5.74, 6) is -0.343. The first kappa shape index (κ1) is 45.7. The summed E-state index contributed by atoms with van der Waals surface area (Å²) in [6.07, 6.45) is 38.7. The Morgan fingerprint density at radius 1 is 0.638 bits per heavy atom. The molecule has 0 amide bonds. The molecular weight excluding hydrogens is 613 g/mol. The van der Waals surface area contributed by atoms with E-state index >= 15 is 0 Å². The van der Waals surface area contributed by atoms with Crippen molar-refractivity contribution in [1.82, 2.24) is 0 Å². The summed E-state index contributed by atoms with van der Waals surface area (Å²) in [6, 6.07) is 0. The van der Waals surface area contributed by atoms with Gasteiger partial charge in [0.25, 0.3) is 0 Å². The summed E-state index contributed by atoms with van der Waals surface area (Å²) in [6.45, 7) is 4.81. The molecule has 0 aromatic carbocycles. The molecule has 0 bridgehead atoms. The number of carbonyl (C=O) groups excluding carboxylic acids is 1. The molecule has 2 atom stereocenters. The molecule has 0 saturated carbocycles. The average molecular weight is 686 g/mol. The van der Waals surface area contributed by atoms with E-state index in [9.17, 15) is 14.3 Å². The Morgan fingerprint density at radius 2 is 1.17 bits per heavy atom. The molecule has 0 heterocycles. The first-order valence-corrected chi connectivity index (χ1v) is 20.5. The van der Waals surface area contributed by atoms with E-state index in [1.54, 1.807) is 0 Å². The lowest BCUT2D eigenvalue weighted by atomic mass is 10.1. The Labute approximate surface area is 288 Å². The molecule has 3 N–H and O–H groups in total. The minimum absolute atomic E-state index is 0.0974. The SMILES string of the molecule is CCC/C=C\CCCCCCCCOCC(COP(=O)(O)OCCN)OC(=O)CCCCCCCCC/C=C\C/C=C\CCCCC. The van der Waals surface area contributed by atoms with Crippen molar-refractivity contribution in [2.24, 2.45) is 5.73 Å². The maximum atomic E-state index is 12.5. The maximum Gasteiger partial charge on any atom is 0.472 e. The molecule has 0 spiro atoms. The second-order valence-corrected chi connectivity index (χ2v) is 13.9. The maximum absolute atomic E-state index is 12.5. The van der Waals surface area contributed by atoms with Crippen LogP contribution >= 0.6 is 7.82 Å². The molecule has 0 aliphatic rings. The topological polar surface area (TPSA) is 117 Å². The van der Waals surface area contributed by atoms with Crippen LogP contribution in [0.5, 0.6) is 0 Å². The van der Waals surface area contributed by atoms with Gasteiger partial charge in [-0.15, -0.1) is 0 Å². The van der Waals surface area contributed by atoms with Gasteiger partial charge in [-0.25, -0.2) is 4.57 Å². The third-order valence-electron chi connectivity index (χ3n) is 7.76. The van der Waals surface area contributed by atoms with Crippen LogP contribution in [0.15, 0.2) is 36.5 Å². The number of hydrogen-bond donors (Lipinski definition) is 2. The zero-order chi connectivity index (χ0) is 34.5. The smallest absolute Gasteiger partial charge is 0.457 e. The Kier molecular flexibility index (Phi) is 35.0. The van der Waals surface area contributed by atoms with Gasteiger partial charge in [0.2, 0.25) is 0 Å². The van der Waals surface area contributed by atoms with Crippen molar-refractivity contribution >= 4 is 13.8 Å². The van der Waals surface area contributed by atoms with Gasteiger partial charge >= 0.3 is 13.8 Å². The Hall–Kier alpha value is -1.28. The lowest BCUT2D eigenvalue weighted by molar-refractivity contribution is -0.154. The Bertz CT molecular complexity index is 818. The van der Waals surface area contributed by atoms with E-state index < -0.39 is 13.9 Å². The fourth-order valence-corrected chi connectivity index (χ4v) is 5.73. The van der Waals surface area contributed by atoms with Crippen molar-refractivity contribution in [1.29, 1.82) is 0 Å². The highest BCUT2D eigenvalue weighted by Gasteiger charge is 2.25. The van der Waals surface area contributed by atoms with Crippen LogP contribution in [-0.4, -0.2) is 49.9 Å². The molecule has 8 nitrogen and oxygen atoms in total. The van der Waals surface area contributed by atoms with E-state index in [-0.39, 0.29) is 32.3 Å². The highest BCUT2D eigenvalue weighted by atomic mass is 31.2. The van der Waals surface area contributed by atoms with Crippen molar-refractivity contribution in [2.45, 2.75) is 168 Å². The number of allylic oxidation sites excluding steroid dienone is 6. The molecule has 0 saturated heterocycles. The van der Waals surface area contributed by atoms with Crippen molar-refractivity contribution in [2.75, 3.05) is 33.0 Å². The predicted octanol–water partition coefficient (Wildman–Crippen LogP) is 10.7. The van der Waals surface area contributed by atoms with Crippen molar-refractivity contribution in [3.05, 3.63) is 36.5 Å². The van der Waals surface area contributed by atoms with Gasteiger partial charge in [0.05, 0.1) is 19.8 Å². The number of phosphoric acid groups is 1. The fourth-order valence-electron chi connectivity index (χ4n) is 4.97. The Balaban J connectivity index is 4.09. The molecule has 9 heteroatoms. The van der Waals surface area contributed by atoms with Crippen molar-refractivity contribution in [3.8, 4) is 0 Å². The molecule has 0 fully saturated rings. The van der Waals surface area contributed by atoms with Crippen LogP contribution in [0.1, 0.15) is 162 Å². The monoisotopic (exact) mass is 686 g/mol. The van der Waals surface area contributed by atoms with Crippen LogP contribution < -0.4 is 5.73 Å². The standard InChI is InChI=1S/C38H72NO7P/c1-3-5-7-9-11-13-15-16-17-18-19-20-21-23-25-27-29-31-38(40)46-37(36-45-47(41,42)44-34-32-39)35-43-33-30-28-26-24-22-14-12-10-8-6-4-2/h8,10-11,13,16-17,37H,3-7,9,12,14-15,18-36,39H2,1-2H3,(H,41,42)/b10-8-,13-11-,17-16-. The summed E-state index contributed by atoms with van der Waals surface area (Å²) >= 11 is 0. The quantitative estimate of drug-likeness (QED) is 0.0290. The number of esters is 1. The van der Waals surface area contributed by atoms with E-state index in [1.807, 2.05) is 0 Å². The van der Waals surface area contributed by atoms with Gasteiger partial charge < -0.3 is 20.1 Å². The van der Waals surface area contributed by atoms with Crippen LogP contribution in [0.25, 0.3) is 0 Å². The van der Waals surface area contributed by atoms with E-state index in [2.05, 4.69) is 50.3 Å². The third-order valence-corrected chi connectivity index (χ3v) is 8.74. The number of phosphoric ester groups is 1. The first-order valence-electron chi connectivity index (χ1n) is 19.0. The van der Waals surface area contributed by atoms with Crippen LogP contribution in [0.2, 0.25) is 0 Å². The molecule has 0 aliphatic heterocycles. The predicted molar refractivity (Wildman–Crippen MR) is 196 cm³/mol. The number of unbranched alkanes of at least 4 members (excludes halogenated alkanes) is 17. The second-order valence-electron chi connectivity index (χ2n) is 12.4. The number of hydrogen-bond acceptors (Lipinski definition) is 7. The molecule has 0 aliphatic carbocycles. The number of nitrogens with two attached hydrogens (primary N) is 1. The molecule has 0 rings (SSSR count). The highest BCUT2D eigenvalue weighted by Crippen LogP contribution is 2.43. The van der Waals surface area contributed by atoms with E-state index in [4.69, 9.17) is 24.3 Å². The average Bonchev–Trinajstić information content (AvgIpc) is 3.06.